The molecular formula is C35H42N4O9Si. The lowest BCUT2D eigenvalue weighted by Crippen LogP contribution is -2.46. The number of rotatable bonds is 12. The zero-order valence-electron chi connectivity index (χ0n) is 27.9. The topological polar surface area (TPSA) is 183 Å². The van der Waals surface area contributed by atoms with Crippen molar-refractivity contribution in [1.82, 2.24) is 4.90 Å². The molecule has 0 aliphatic carbocycles. The van der Waals surface area contributed by atoms with Gasteiger partial charge in [-0.15, -0.1) is 0 Å². The van der Waals surface area contributed by atoms with Crippen molar-refractivity contribution >= 4 is 43.1 Å². The van der Waals surface area contributed by atoms with Gasteiger partial charge in [0.1, 0.15) is 6.10 Å². The molecule has 49 heavy (non-hydrogen) atoms. The van der Waals surface area contributed by atoms with Crippen LogP contribution in [0.2, 0.25) is 18.6 Å². The third kappa shape index (κ3) is 7.14. The molecule has 5 atom stereocenters. The predicted octanol–water partition coefficient (Wildman–Crippen LogP) is 3.67. The van der Waals surface area contributed by atoms with Gasteiger partial charge in [0.2, 0.25) is 5.91 Å². The highest BCUT2D eigenvalue weighted by Crippen LogP contribution is 2.60. The van der Waals surface area contributed by atoms with Crippen LogP contribution in [0.3, 0.4) is 0 Å². The number of nitro benzene ring substituents is 1. The smallest absolute Gasteiger partial charge is 0.269 e. The molecule has 1 fully saturated rings. The number of nitro groups is 1. The fraction of sp³-hybridized carbons (Fsp3) is 0.400. The summed E-state index contributed by atoms with van der Waals surface area (Å²) in [5.41, 5.74) is 0.198. The van der Waals surface area contributed by atoms with Crippen LogP contribution in [0.25, 0.3) is 0 Å². The van der Waals surface area contributed by atoms with E-state index in [1.165, 1.54) is 34.9 Å². The molecule has 1 spiro atoms. The third-order valence-corrected chi connectivity index (χ3v) is 11.9. The molecule has 2 heterocycles. The first-order chi connectivity index (χ1) is 23.2. The van der Waals surface area contributed by atoms with E-state index in [0.29, 0.717) is 22.5 Å². The van der Waals surface area contributed by atoms with E-state index in [-0.39, 0.29) is 44.3 Å². The average Bonchev–Trinajstić information content (AvgIpc) is 3.47. The quantitative estimate of drug-likeness (QED) is 0.125. The summed E-state index contributed by atoms with van der Waals surface area (Å²) >= 11 is 0. The van der Waals surface area contributed by atoms with Gasteiger partial charge in [0.25, 0.3) is 17.5 Å². The van der Waals surface area contributed by atoms with Crippen LogP contribution >= 0.6 is 0 Å². The molecule has 4 N–H and O–H groups in total. The third-order valence-electron chi connectivity index (χ3n) is 9.43. The van der Waals surface area contributed by atoms with E-state index in [0.717, 1.165) is 5.56 Å². The SMILES string of the molecule is C[C@H](O)C(=O)Nc1ccc(CN2C(=O)[C@]3(O[C@H](CC(=O)N(CCO)Cc4ccccc4)[C@@H]([Si](C)(C)O)[C@@H]3C)c3cc([N+](=O)[O-])ccc32)cc1. The number of carbonyl (C=O) groups is 3. The number of carbonyl (C=O) groups excluding carboxylic acids is 3. The highest BCUT2D eigenvalue weighted by atomic mass is 28.4. The number of anilines is 2. The molecule has 0 unspecified atom stereocenters. The van der Waals surface area contributed by atoms with Gasteiger partial charge in [0, 0.05) is 47.9 Å². The van der Waals surface area contributed by atoms with Crippen molar-refractivity contribution < 1.29 is 39.1 Å². The molecule has 14 heteroatoms. The van der Waals surface area contributed by atoms with Crippen molar-refractivity contribution in [3.63, 3.8) is 0 Å². The van der Waals surface area contributed by atoms with Gasteiger partial charge in [0.15, 0.2) is 13.9 Å². The first-order valence-electron chi connectivity index (χ1n) is 16.2. The molecular weight excluding hydrogens is 648 g/mol. The molecule has 3 amide bonds. The monoisotopic (exact) mass is 690 g/mol. The molecule has 260 valence electrons. The Bertz CT molecular complexity index is 1710. The van der Waals surface area contributed by atoms with Gasteiger partial charge in [0.05, 0.1) is 36.3 Å². The minimum absolute atomic E-state index is 0.0711. The van der Waals surface area contributed by atoms with Crippen LogP contribution in [0.4, 0.5) is 17.1 Å². The number of aliphatic hydroxyl groups excluding tert-OH is 2. The first kappa shape index (κ1) is 35.8. The summed E-state index contributed by atoms with van der Waals surface area (Å²) in [5.74, 6) is -2.00. The second-order valence-electron chi connectivity index (χ2n) is 13.3. The molecule has 0 aromatic heterocycles. The predicted molar refractivity (Wildman–Crippen MR) is 184 cm³/mol. The minimum Gasteiger partial charge on any atom is -0.432 e. The molecule has 1 saturated heterocycles. The summed E-state index contributed by atoms with van der Waals surface area (Å²) in [6.45, 7) is 6.75. The van der Waals surface area contributed by atoms with Crippen LogP contribution in [0.1, 0.15) is 37.0 Å². The van der Waals surface area contributed by atoms with Crippen molar-refractivity contribution in [3.8, 4) is 0 Å². The summed E-state index contributed by atoms with van der Waals surface area (Å²) < 4.78 is 6.72. The van der Waals surface area contributed by atoms with Gasteiger partial charge in [-0.05, 0) is 49.3 Å². The Morgan fingerprint density at radius 2 is 1.78 bits per heavy atom. The second kappa shape index (κ2) is 14.2. The van der Waals surface area contributed by atoms with Crippen LogP contribution in [0.5, 0.6) is 0 Å². The van der Waals surface area contributed by atoms with E-state index < -0.39 is 54.3 Å². The summed E-state index contributed by atoms with van der Waals surface area (Å²) in [6.07, 6.45) is -2.25. The number of aliphatic hydroxyl groups is 2. The standard InChI is InChI=1S/C35H42N4O9Si/c1-22-32(49(3,4)47)30(19-31(42)37(16-17-40)20-24-8-6-5-7-9-24)48-35(22)28-18-27(39(45)46)14-15-29(28)38(34(35)44)21-25-10-12-26(13-11-25)36-33(43)23(2)41/h5-15,18,22-23,30,32,40-41,47H,16-17,19-21H2,1-4H3,(H,36,43)/t22-,23-,30+,32-,35+/m0/s1. The summed E-state index contributed by atoms with van der Waals surface area (Å²) in [5, 5.41) is 33.8. The van der Waals surface area contributed by atoms with Gasteiger partial charge in [-0.25, -0.2) is 0 Å². The molecule has 13 nitrogen and oxygen atoms in total. The Morgan fingerprint density at radius 1 is 1.10 bits per heavy atom. The Balaban J connectivity index is 1.50. The Labute approximate surface area is 285 Å². The van der Waals surface area contributed by atoms with Crippen molar-refractivity contribution in [2.45, 2.75) is 69.8 Å². The zero-order valence-corrected chi connectivity index (χ0v) is 28.9. The summed E-state index contributed by atoms with van der Waals surface area (Å²) in [7, 11) is -3.15. The average molecular weight is 691 g/mol. The van der Waals surface area contributed by atoms with Crippen LogP contribution in [-0.2, 0) is 37.8 Å². The van der Waals surface area contributed by atoms with E-state index in [2.05, 4.69) is 5.32 Å². The maximum absolute atomic E-state index is 14.7. The van der Waals surface area contributed by atoms with Gasteiger partial charge in [-0.1, -0.05) is 49.4 Å². The Morgan fingerprint density at radius 3 is 2.37 bits per heavy atom. The molecule has 0 saturated carbocycles. The highest BCUT2D eigenvalue weighted by Gasteiger charge is 2.66. The molecule has 2 aliphatic heterocycles. The van der Waals surface area contributed by atoms with Crippen molar-refractivity contribution in [2.24, 2.45) is 5.92 Å². The van der Waals surface area contributed by atoms with Crippen molar-refractivity contribution in [2.75, 3.05) is 23.4 Å². The van der Waals surface area contributed by atoms with Gasteiger partial charge < -0.3 is 34.9 Å². The normalized spacial score (nSPS) is 22.2. The number of hydrogen-bond acceptors (Lipinski definition) is 9. The van der Waals surface area contributed by atoms with Gasteiger partial charge in [-0.3, -0.25) is 24.5 Å². The lowest BCUT2D eigenvalue weighted by molar-refractivity contribution is -0.385. The van der Waals surface area contributed by atoms with E-state index >= 15 is 0 Å². The molecule has 0 radical (unpaired) electrons. The Hall–Kier alpha value is -4.47. The summed E-state index contributed by atoms with van der Waals surface area (Å²) in [6, 6.07) is 20.2. The van der Waals surface area contributed by atoms with E-state index in [9.17, 15) is 39.5 Å². The molecule has 0 bridgehead atoms. The molecule has 5 rings (SSSR count). The highest BCUT2D eigenvalue weighted by molar-refractivity contribution is 6.71. The van der Waals surface area contributed by atoms with Gasteiger partial charge in [-0.2, -0.15) is 0 Å². The fourth-order valence-electron chi connectivity index (χ4n) is 7.18. The molecule has 2 aliphatic rings. The zero-order chi connectivity index (χ0) is 35.7. The van der Waals surface area contributed by atoms with Crippen LogP contribution in [0.15, 0.2) is 72.8 Å². The second-order valence-corrected chi connectivity index (χ2v) is 17.3. The fourth-order valence-corrected chi connectivity index (χ4v) is 9.73. The molecule has 3 aromatic carbocycles. The number of fused-ring (bicyclic) bond motifs is 2. The maximum atomic E-state index is 14.7. The number of benzene rings is 3. The number of ether oxygens (including phenoxy) is 1. The van der Waals surface area contributed by atoms with Gasteiger partial charge >= 0.3 is 0 Å². The number of non-ortho nitro benzene ring substituents is 1. The lowest BCUT2D eigenvalue weighted by atomic mass is 9.82. The Kier molecular flexibility index (Phi) is 10.4. The number of hydrogen-bond donors (Lipinski definition) is 4. The summed E-state index contributed by atoms with van der Waals surface area (Å²) in [4.78, 5) is 66.5. The van der Waals surface area contributed by atoms with Crippen LogP contribution < -0.4 is 10.2 Å². The number of nitrogens with zero attached hydrogens (tertiary/aromatic N) is 3. The van der Waals surface area contributed by atoms with Crippen molar-refractivity contribution in [1.29, 1.82) is 0 Å². The van der Waals surface area contributed by atoms with E-state index in [4.69, 9.17) is 4.74 Å². The largest absolute Gasteiger partial charge is 0.432 e. The van der Waals surface area contributed by atoms with Crippen LogP contribution in [0, 0.1) is 16.0 Å². The maximum Gasteiger partial charge on any atom is 0.269 e. The van der Waals surface area contributed by atoms with Crippen molar-refractivity contribution in [3.05, 3.63) is 99.6 Å². The lowest BCUT2D eigenvalue weighted by Gasteiger charge is -2.32. The van der Waals surface area contributed by atoms with E-state index in [1.54, 1.807) is 44.3 Å². The minimum atomic E-state index is -3.15. The number of amides is 3. The number of nitrogens with one attached hydrogen (secondary N) is 1. The van der Waals surface area contributed by atoms with E-state index in [1.807, 2.05) is 30.3 Å². The van der Waals surface area contributed by atoms with Crippen LogP contribution in [-0.4, -0.2) is 76.2 Å². The molecule has 3 aromatic rings. The first-order valence-corrected chi connectivity index (χ1v) is 19.2.